The number of unbranched alkanes of at least 4 members (excludes halogenated alkanes) is 1. The zero-order chi connectivity index (χ0) is 11.4. The van der Waals surface area contributed by atoms with Crippen molar-refractivity contribution in [2.45, 2.75) is 26.3 Å². The van der Waals surface area contributed by atoms with E-state index < -0.39 is 0 Å². The van der Waals surface area contributed by atoms with Crippen LogP contribution in [0.1, 0.15) is 19.8 Å². The van der Waals surface area contributed by atoms with Gasteiger partial charge in [-0.05, 0) is 30.7 Å². The first kappa shape index (κ1) is 11.4. The third kappa shape index (κ3) is 2.73. The molecule has 0 amide bonds. The number of hydrogen-bond donors (Lipinski definition) is 0. The SMILES string of the molecule is CCCC[n+]1ccn(-c2ccc(Br)cc2)c1. The predicted molar refractivity (Wildman–Crippen MR) is 68.6 cm³/mol. The van der Waals surface area contributed by atoms with Crippen molar-refractivity contribution in [3.05, 3.63) is 47.5 Å². The summed E-state index contributed by atoms with van der Waals surface area (Å²) in [6.07, 6.45) is 8.82. The first-order valence-electron chi connectivity index (χ1n) is 5.62. The zero-order valence-electron chi connectivity index (χ0n) is 9.44. The van der Waals surface area contributed by atoms with E-state index in [1.165, 1.54) is 18.5 Å². The van der Waals surface area contributed by atoms with E-state index in [4.69, 9.17) is 0 Å². The molecule has 0 saturated heterocycles. The van der Waals surface area contributed by atoms with E-state index >= 15 is 0 Å². The Morgan fingerprint density at radius 3 is 2.69 bits per heavy atom. The smallest absolute Gasteiger partial charge is 0.236 e. The lowest BCUT2D eigenvalue weighted by Crippen LogP contribution is -2.30. The van der Waals surface area contributed by atoms with Crippen LogP contribution in [0.3, 0.4) is 0 Å². The summed E-state index contributed by atoms with van der Waals surface area (Å²) in [7, 11) is 0. The summed E-state index contributed by atoms with van der Waals surface area (Å²) in [5, 5.41) is 0. The van der Waals surface area contributed by atoms with Crippen LogP contribution >= 0.6 is 15.9 Å². The average molecular weight is 280 g/mol. The van der Waals surface area contributed by atoms with Crippen LogP contribution in [0.2, 0.25) is 0 Å². The van der Waals surface area contributed by atoms with E-state index in [2.05, 4.69) is 75.0 Å². The first-order chi connectivity index (χ1) is 7.79. The molecule has 1 heterocycles. The maximum atomic E-state index is 3.44. The number of aryl methyl sites for hydroxylation is 1. The minimum Gasteiger partial charge on any atom is -0.236 e. The fourth-order valence-electron chi connectivity index (χ4n) is 1.63. The highest BCUT2D eigenvalue weighted by Gasteiger charge is 2.05. The molecule has 2 rings (SSSR count). The topological polar surface area (TPSA) is 8.81 Å². The van der Waals surface area contributed by atoms with Crippen LogP contribution < -0.4 is 4.57 Å². The van der Waals surface area contributed by atoms with Gasteiger partial charge in [-0.2, -0.15) is 0 Å². The molecule has 16 heavy (non-hydrogen) atoms. The Morgan fingerprint density at radius 1 is 1.25 bits per heavy atom. The Balaban J connectivity index is 2.15. The van der Waals surface area contributed by atoms with E-state index in [0.29, 0.717) is 0 Å². The van der Waals surface area contributed by atoms with Gasteiger partial charge in [0, 0.05) is 4.47 Å². The summed E-state index contributed by atoms with van der Waals surface area (Å²) >= 11 is 3.44. The van der Waals surface area contributed by atoms with Crippen molar-refractivity contribution in [3.63, 3.8) is 0 Å². The summed E-state index contributed by atoms with van der Waals surface area (Å²) < 4.78 is 5.48. The molecule has 1 aromatic heterocycles. The molecule has 1 aromatic carbocycles. The standard InChI is InChI=1S/C13H16BrN2/c1-2-3-8-15-9-10-16(11-15)13-6-4-12(14)5-7-13/h4-7,9-11H,2-3,8H2,1H3/q+1. The average Bonchev–Trinajstić information content (AvgIpc) is 2.76. The van der Waals surface area contributed by atoms with Gasteiger partial charge in [0.2, 0.25) is 6.33 Å². The third-order valence-corrected chi connectivity index (χ3v) is 3.11. The summed E-state index contributed by atoms with van der Waals surface area (Å²) in [4.78, 5) is 0. The number of halogens is 1. The molecule has 0 spiro atoms. The molecule has 0 saturated carbocycles. The van der Waals surface area contributed by atoms with Crippen molar-refractivity contribution in [1.82, 2.24) is 4.57 Å². The molecule has 0 aliphatic rings. The summed E-state index contributed by atoms with van der Waals surface area (Å²) in [6.45, 7) is 3.31. The Bertz CT molecular complexity index is 445. The Morgan fingerprint density at radius 2 is 2.00 bits per heavy atom. The normalized spacial score (nSPS) is 10.6. The first-order valence-corrected chi connectivity index (χ1v) is 6.42. The molecule has 2 nitrogen and oxygen atoms in total. The zero-order valence-corrected chi connectivity index (χ0v) is 11.0. The second-order valence-corrected chi connectivity index (χ2v) is 4.80. The van der Waals surface area contributed by atoms with E-state index in [1.807, 2.05) is 0 Å². The van der Waals surface area contributed by atoms with Crippen molar-refractivity contribution in [3.8, 4) is 5.69 Å². The summed E-state index contributed by atoms with van der Waals surface area (Å²) in [6, 6.07) is 8.33. The van der Waals surface area contributed by atoms with Gasteiger partial charge < -0.3 is 0 Å². The van der Waals surface area contributed by atoms with E-state index in [0.717, 1.165) is 11.0 Å². The fraction of sp³-hybridized carbons (Fsp3) is 0.308. The number of rotatable bonds is 4. The van der Waals surface area contributed by atoms with E-state index in [1.54, 1.807) is 0 Å². The van der Waals surface area contributed by atoms with Gasteiger partial charge in [0.25, 0.3) is 0 Å². The summed E-state index contributed by atoms with van der Waals surface area (Å²) in [5.74, 6) is 0. The highest BCUT2D eigenvalue weighted by Crippen LogP contribution is 2.13. The van der Waals surface area contributed by atoms with Gasteiger partial charge >= 0.3 is 0 Å². The van der Waals surface area contributed by atoms with Gasteiger partial charge in [0.1, 0.15) is 18.1 Å². The van der Waals surface area contributed by atoms with Gasteiger partial charge in [-0.1, -0.05) is 29.3 Å². The molecule has 0 fully saturated rings. The molecule has 3 heteroatoms. The number of imidazole rings is 1. The van der Waals surface area contributed by atoms with E-state index in [9.17, 15) is 0 Å². The predicted octanol–water partition coefficient (Wildman–Crippen LogP) is 3.33. The number of nitrogens with zero attached hydrogens (tertiary/aromatic N) is 2. The molecule has 0 N–H and O–H groups in total. The minimum atomic E-state index is 1.10. The maximum absolute atomic E-state index is 3.44. The van der Waals surface area contributed by atoms with Crippen molar-refractivity contribution in [2.75, 3.05) is 0 Å². The Kier molecular flexibility index (Phi) is 3.78. The van der Waals surface area contributed by atoms with Crippen LogP contribution in [0.25, 0.3) is 5.69 Å². The Labute approximate surface area is 105 Å². The second kappa shape index (κ2) is 5.30. The molecule has 0 aliphatic heterocycles. The van der Waals surface area contributed by atoms with Gasteiger partial charge in [-0.25, -0.2) is 9.13 Å². The van der Waals surface area contributed by atoms with Crippen LogP contribution in [0.4, 0.5) is 0 Å². The molecular formula is C13H16BrN2+. The number of benzene rings is 1. The number of aromatic nitrogens is 2. The minimum absolute atomic E-state index is 1.10. The Hall–Kier alpha value is -1.09. The third-order valence-electron chi connectivity index (χ3n) is 2.59. The lowest BCUT2D eigenvalue weighted by molar-refractivity contribution is -0.696. The highest BCUT2D eigenvalue weighted by atomic mass is 79.9. The van der Waals surface area contributed by atoms with Gasteiger partial charge in [-0.3, -0.25) is 0 Å². The largest absolute Gasteiger partial charge is 0.248 e. The highest BCUT2D eigenvalue weighted by molar-refractivity contribution is 9.10. The van der Waals surface area contributed by atoms with Crippen molar-refractivity contribution in [1.29, 1.82) is 0 Å². The molecule has 84 valence electrons. The summed E-state index contributed by atoms with van der Waals surface area (Å²) in [5.41, 5.74) is 1.19. The maximum Gasteiger partial charge on any atom is 0.248 e. The molecule has 0 unspecified atom stereocenters. The number of hydrogen-bond acceptors (Lipinski definition) is 0. The fourth-order valence-corrected chi connectivity index (χ4v) is 1.90. The van der Waals surface area contributed by atoms with Crippen molar-refractivity contribution >= 4 is 15.9 Å². The van der Waals surface area contributed by atoms with Gasteiger partial charge in [0.05, 0.1) is 6.54 Å². The van der Waals surface area contributed by atoms with Crippen LogP contribution in [-0.4, -0.2) is 4.57 Å². The van der Waals surface area contributed by atoms with Crippen LogP contribution in [0.15, 0.2) is 47.5 Å². The van der Waals surface area contributed by atoms with Gasteiger partial charge in [0.15, 0.2) is 0 Å². The lowest BCUT2D eigenvalue weighted by Gasteiger charge is -1.95. The van der Waals surface area contributed by atoms with Gasteiger partial charge in [-0.15, -0.1) is 0 Å². The quantitative estimate of drug-likeness (QED) is 0.760. The molecule has 0 bridgehead atoms. The molecule has 0 aliphatic carbocycles. The monoisotopic (exact) mass is 279 g/mol. The molecule has 2 aromatic rings. The second-order valence-electron chi connectivity index (χ2n) is 3.89. The molecular weight excluding hydrogens is 264 g/mol. The van der Waals surface area contributed by atoms with Crippen molar-refractivity contribution in [2.24, 2.45) is 0 Å². The van der Waals surface area contributed by atoms with E-state index in [-0.39, 0.29) is 0 Å². The van der Waals surface area contributed by atoms with Crippen LogP contribution in [0, 0.1) is 0 Å². The molecule has 0 radical (unpaired) electrons. The lowest BCUT2D eigenvalue weighted by atomic mass is 10.3. The van der Waals surface area contributed by atoms with Crippen molar-refractivity contribution < 1.29 is 4.57 Å². The van der Waals surface area contributed by atoms with Crippen LogP contribution in [0.5, 0.6) is 0 Å². The molecule has 0 atom stereocenters. The van der Waals surface area contributed by atoms with Crippen LogP contribution in [-0.2, 0) is 6.54 Å².